The molecule has 0 aromatic rings. The molecule has 1 unspecified atom stereocenters. The molecule has 0 bridgehead atoms. The number of nitrogens with two attached hydrogens (primary N) is 1. The predicted octanol–water partition coefficient (Wildman–Crippen LogP) is -1.25. The Balaban J connectivity index is 4.94. The van der Waals surface area contributed by atoms with Gasteiger partial charge in [0.2, 0.25) is 0 Å². The van der Waals surface area contributed by atoms with Gasteiger partial charge in [-0.15, -0.1) is 0 Å². The Morgan fingerprint density at radius 3 is 2.20 bits per heavy atom. The lowest BCUT2D eigenvalue weighted by atomic mass is 11.1. The van der Waals surface area contributed by atoms with Crippen molar-refractivity contribution in [3.8, 4) is 0 Å². The van der Waals surface area contributed by atoms with E-state index in [2.05, 4.69) is 10.8 Å². The van der Waals surface area contributed by atoms with E-state index in [4.69, 9.17) is 15.2 Å². The molecule has 0 aromatic carbocycles. The molecule has 0 amide bonds. The number of nitrogens with zero attached hydrogens (tertiary/aromatic N) is 3. The van der Waals surface area contributed by atoms with Crippen LogP contribution < -0.4 is 5.73 Å². The Kier molecular flexibility index (Phi) is 2.20. The lowest BCUT2D eigenvalue weighted by molar-refractivity contribution is 0.127. The highest BCUT2D eigenvalue weighted by Crippen LogP contribution is 2.05. The van der Waals surface area contributed by atoms with Crippen LogP contribution in [0.25, 0.3) is 10.4 Å². The summed E-state index contributed by atoms with van der Waals surface area (Å²) >= 11 is 0. The first-order valence-corrected chi connectivity index (χ1v) is 3.30. The quantitative estimate of drug-likeness (QED) is 0.155. The molecule has 4 N–H and O–H groups in total. The van der Waals surface area contributed by atoms with Gasteiger partial charge in [-0.25, -0.2) is 0 Å². The third-order valence-electron chi connectivity index (χ3n) is 0.568. The molecule has 0 fully saturated rings. The van der Waals surface area contributed by atoms with Gasteiger partial charge in [-0.2, -0.15) is 8.42 Å². The largest absolute Gasteiger partial charge is 0.357 e. The van der Waals surface area contributed by atoms with Gasteiger partial charge in [0.1, 0.15) is 0 Å². The van der Waals surface area contributed by atoms with E-state index < -0.39 is 15.3 Å². The van der Waals surface area contributed by atoms with Gasteiger partial charge in [-0.3, -0.25) is 10.3 Å². The third kappa shape index (κ3) is 1.83. The molecule has 0 spiro atoms. The molecule has 1 atom stereocenters. The summed E-state index contributed by atoms with van der Waals surface area (Å²) in [6.07, 6.45) is 0. The zero-order valence-corrected chi connectivity index (χ0v) is 5.35. The normalized spacial score (nSPS) is 17.1. The molecule has 8 nitrogen and oxygen atoms in total. The minimum Gasteiger partial charge on any atom is -0.357 e. The van der Waals surface area contributed by atoms with Crippen LogP contribution in [0.3, 0.4) is 0 Å². The number of azide groups is 1. The standard InChI is InChI=1S/CH4N4O4S/c2-1(6,4-5-3)10(7,8)9/h6H,2H2,(H,7,8,9). The number of rotatable bonds is 2. The first kappa shape index (κ1) is 9.14. The zero-order valence-electron chi connectivity index (χ0n) is 4.54. The monoisotopic (exact) mass is 168 g/mol. The van der Waals surface area contributed by atoms with E-state index in [1.807, 2.05) is 4.91 Å². The van der Waals surface area contributed by atoms with Crippen LogP contribution in [0.2, 0.25) is 0 Å². The maximum atomic E-state index is 9.96. The summed E-state index contributed by atoms with van der Waals surface area (Å²) in [6, 6.07) is 0. The smallest absolute Gasteiger partial charge is 0.324 e. The molecule has 0 aliphatic carbocycles. The summed E-state index contributed by atoms with van der Waals surface area (Å²) in [5.41, 5.74) is 12.0. The fraction of sp³-hybridized carbons (Fsp3) is 1.00. The van der Waals surface area contributed by atoms with Gasteiger partial charge in [0.25, 0.3) is 0 Å². The summed E-state index contributed by atoms with van der Waals surface area (Å²) < 4.78 is 27.9. The van der Waals surface area contributed by atoms with Crippen molar-refractivity contribution in [1.29, 1.82) is 0 Å². The second kappa shape index (κ2) is 2.40. The molecule has 0 heterocycles. The Labute approximate surface area is 55.6 Å². The summed E-state index contributed by atoms with van der Waals surface area (Å²) in [5, 5.41) is 7.30. The second-order valence-electron chi connectivity index (χ2n) is 1.32. The van der Waals surface area contributed by atoms with Gasteiger partial charge in [-0.05, 0) is 10.6 Å². The summed E-state index contributed by atoms with van der Waals surface area (Å²) in [5.74, 6) is 0. The van der Waals surface area contributed by atoms with Gasteiger partial charge in [0, 0.05) is 4.91 Å². The molecule has 0 aliphatic rings. The van der Waals surface area contributed by atoms with Crippen LogP contribution in [0.4, 0.5) is 0 Å². The highest BCUT2D eigenvalue weighted by molar-refractivity contribution is 7.86. The van der Waals surface area contributed by atoms with E-state index in [9.17, 15) is 8.42 Å². The Morgan fingerprint density at radius 2 is 2.10 bits per heavy atom. The van der Waals surface area contributed by atoms with E-state index in [1.54, 1.807) is 0 Å². The molecular formula is CH4N4O4S. The maximum absolute atomic E-state index is 9.96. The highest BCUT2D eigenvalue weighted by atomic mass is 32.2. The topological polar surface area (TPSA) is 149 Å². The Morgan fingerprint density at radius 1 is 1.70 bits per heavy atom. The van der Waals surface area contributed by atoms with Crippen molar-refractivity contribution in [3.05, 3.63) is 10.4 Å². The average molecular weight is 168 g/mol. The molecule has 0 aromatic heterocycles. The Bertz CT molecular complexity index is 259. The van der Waals surface area contributed by atoms with Gasteiger partial charge in [0.05, 0.1) is 0 Å². The van der Waals surface area contributed by atoms with E-state index in [1.165, 1.54) is 0 Å². The van der Waals surface area contributed by atoms with Crippen LogP contribution >= 0.6 is 0 Å². The van der Waals surface area contributed by atoms with Crippen molar-refractivity contribution in [1.82, 2.24) is 0 Å². The SMILES string of the molecule is [N-]=[N+]=NC(N)(O)S(=O)(=O)O. The van der Waals surface area contributed by atoms with E-state index in [-0.39, 0.29) is 0 Å². The second-order valence-corrected chi connectivity index (χ2v) is 2.87. The minimum absolute atomic E-state index is 1.88. The summed E-state index contributed by atoms with van der Waals surface area (Å²) in [6.45, 7) is 0. The van der Waals surface area contributed by atoms with E-state index in [0.717, 1.165) is 0 Å². The molecule has 58 valence electrons. The third-order valence-corrected chi connectivity index (χ3v) is 1.41. The van der Waals surface area contributed by atoms with Crippen molar-refractivity contribution in [2.75, 3.05) is 0 Å². The number of hydrogen-bond acceptors (Lipinski definition) is 5. The van der Waals surface area contributed by atoms with Gasteiger partial charge >= 0.3 is 15.3 Å². The van der Waals surface area contributed by atoms with Crippen molar-refractivity contribution < 1.29 is 18.1 Å². The Hall–Kier alpha value is -0.860. The molecule has 0 radical (unpaired) electrons. The van der Waals surface area contributed by atoms with Crippen LogP contribution in [-0.2, 0) is 10.1 Å². The van der Waals surface area contributed by atoms with Crippen molar-refractivity contribution in [2.24, 2.45) is 10.8 Å². The van der Waals surface area contributed by atoms with Crippen molar-refractivity contribution in [3.63, 3.8) is 0 Å². The van der Waals surface area contributed by atoms with Gasteiger partial charge in [0.15, 0.2) is 0 Å². The van der Waals surface area contributed by atoms with Crippen LogP contribution in [0.5, 0.6) is 0 Å². The first-order valence-electron chi connectivity index (χ1n) is 1.86. The fourth-order valence-corrected chi connectivity index (χ4v) is 0.255. The van der Waals surface area contributed by atoms with Gasteiger partial charge in [-0.1, -0.05) is 0 Å². The number of hydrogen-bond donors (Lipinski definition) is 3. The molecule has 9 heteroatoms. The van der Waals surface area contributed by atoms with Crippen molar-refractivity contribution in [2.45, 2.75) is 5.18 Å². The molecular weight excluding hydrogens is 164 g/mol. The lowest BCUT2D eigenvalue weighted by Crippen LogP contribution is -2.44. The molecule has 0 aliphatic heterocycles. The molecule has 0 rings (SSSR count). The fourth-order valence-electron chi connectivity index (χ4n) is 0.116. The molecule has 0 saturated heterocycles. The van der Waals surface area contributed by atoms with Crippen molar-refractivity contribution >= 4 is 10.1 Å². The van der Waals surface area contributed by atoms with Crippen LogP contribution in [0, 0.1) is 0 Å². The molecule has 10 heavy (non-hydrogen) atoms. The summed E-state index contributed by atoms with van der Waals surface area (Å²) in [4.78, 5) is 1.88. The lowest BCUT2D eigenvalue weighted by Gasteiger charge is -2.10. The average Bonchev–Trinajstić information content (AvgIpc) is 1.61. The van der Waals surface area contributed by atoms with Crippen LogP contribution in [0.15, 0.2) is 5.11 Å². The number of aliphatic hydroxyl groups is 1. The highest BCUT2D eigenvalue weighted by Gasteiger charge is 2.35. The molecule has 0 saturated carbocycles. The van der Waals surface area contributed by atoms with Crippen LogP contribution in [-0.4, -0.2) is 23.3 Å². The maximum Gasteiger partial charge on any atom is 0.324 e. The van der Waals surface area contributed by atoms with Gasteiger partial charge < -0.3 is 5.11 Å². The zero-order chi connectivity index (χ0) is 8.41. The van der Waals surface area contributed by atoms with E-state index >= 15 is 0 Å². The van der Waals surface area contributed by atoms with E-state index in [0.29, 0.717) is 0 Å². The minimum atomic E-state index is -4.95. The predicted molar refractivity (Wildman–Crippen MR) is 29.8 cm³/mol. The summed E-state index contributed by atoms with van der Waals surface area (Å²) in [7, 11) is -4.95. The van der Waals surface area contributed by atoms with Crippen LogP contribution in [0.1, 0.15) is 0 Å². The first-order chi connectivity index (χ1) is 4.31.